The van der Waals surface area contributed by atoms with E-state index in [9.17, 15) is 9.18 Å². The Morgan fingerprint density at radius 2 is 2.08 bits per heavy atom. The lowest BCUT2D eigenvalue weighted by Crippen LogP contribution is -2.36. The van der Waals surface area contributed by atoms with Crippen LogP contribution in [0.5, 0.6) is 5.75 Å². The Balaban J connectivity index is 1.99. The Morgan fingerprint density at radius 1 is 1.28 bits per heavy atom. The van der Waals surface area contributed by atoms with Gasteiger partial charge in [0.15, 0.2) is 0 Å². The normalized spacial score (nSPS) is 10.4. The quantitative estimate of drug-likeness (QED) is 0.806. The highest BCUT2D eigenvalue weighted by Gasteiger charge is 2.12. The van der Waals surface area contributed by atoms with Crippen LogP contribution in [0.2, 0.25) is 0 Å². The topological polar surface area (TPSA) is 61.8 Å². The van der Waals surface area contributed by atoms with E-state index in [2.05, 4.69) is 5.32 Å². The molecule has 0 atom stereocenters. The second kappa shape index (κ2) is 9.03. The van der Waals surface area contributed by atoms with E-state index in [-0.39, 0.29) is 31.6 Å². The molecular formula is C19H23FN2O3. The fourth-order valence-electron chi connectivity index (χ4n) is 2.38. The van der Waals surface area contributed by atoms with Crippen molar-refractivity contribution in [1.82, 2.24) is 4.90 Å². The molecule has 2 amide bonds. The predicted molar refractivity (Wildman–Crippen MR) is 95.3 cm³/mol. The molecule has 0 saturated carbocycles. The number of halogens is 1. The molecule has 6 heteroatoms. The minimum atomic E-state index is -0.293. The molecule has 2 rings (SSSR count). The minimum absolute atomic E-state index is 0.0763. The number of hydrogen-bond acceptors (Lipinski definition) is 3. The van der Waals surface area contributed by atoms with Gasteiger partial charge in [-0.05, 0) is 55.3 Å². The zero-order valence-electron chi connectivity index (χ0n) is 14.5. The minimum Gasteiger partial charge on any atom is -0.489 e. The summed E-state index contributed by atoms with van der Waals surface area (Å²) in [6.45, 7) is 4.71. The van der Waals surface area contributed by atoms with E-state index in [4.69, 9.17) is 9.84 Å². The number of aryl methyl sites for hydroxylation is 1. The monoisotopic (exact) mass is 346 g/mol. The summed E-state index contributed by atoms with van der Waals surface area (Å²) in [7, 11) is 0. The van der Waals surface area contributed by atoms with Gasteiger partial charge in [0.1, 0.15) is 18.2 Å². The highest BCUT2D eigenvalue weighted by molar-refractivity contribution is 5.90. The maximum absolute atomic E-state index is 13.2. The third kappa shape index (κ3) is 5.46. The number of aliphatic hydroxyl groups excluding tert-OH is 1. The van der Waals surface area contributed by atoms with Crippen molar-refractivity contribution in [2.75, 3.05) is 25.0 Å². The molecule has 0 spiro atoms. The van der Waals surface area contributed by atoms with Gasteiger partial charge in [0.2, 0.25) is 0 Å². The number of carbonyl (C=O) groups is 1. The molecule has 2 N–H and O–H groups in total. The zero-order chi connectivity index (χ0) is 18.2. The molecule has 0 aliphatic rings. The summed E-state index contributed by atoms with van der Waals surface area (Å²) < 4.78 is 18.8. The van der Waals surface area contributed by atoms with E-state index in [1.807, 2.05) is 19.9 Å². The first-order chi connectivity index (χ1) is 12.0. The van der Waals surface area contributed by atoms with Gasteiger partial charge < -0.3 is 20.1 Å². The number of nitrogens with zero attached hydrogens (tertiary/aromatic N) is 1. The van der Waals surface area contributed by atoms with Crippen LogP contribution in [0.3, 0.4) is 0 Å². The molecule has 0 aliphatic heterocycles. The fourth-order valence-corrected chi connectivity index (χ4v) is 2.38. The van der Waals surface area contributed by atoms with Crippen molar-refractivity contribution in [2.45, 2.75) is 20.5 Å². The first kappa shape index (κ1) is 18.7. The molecule has 134 valence electrons. The molecule has 5 nitrogen and oxygen atoms in total. The maximum Gasteiger partial charge on any atom is 0.321 e. The summed E-state index contributed by atoms with van der Waals surface area (Å²) in [5.74, 6) is 0.348. The third-order valence-corrected chi connectivity index (χ3v) is 3.77. The SMILES string of the molecule is CCN(CCO)C(=O)Nc1ccc(OCc2cccc(F)c2)cc1C. The molecule has 0 aromatic heterocycles. The standard InChI is InChI=1S/C19H23FN2O3/c1-3-22(9-10-23)19(24)21-18-8-7-17(11-14(18)2)25-13-15-5-4-6-16(20)12-15/h4-8,11-12,23H,3,9-10,13H2,1-2H3,(H,21,24). The van der Waals surface area contributed by atoms with Crippen molar-refractivity contribution in [3.05, 3.63) is 59.4 Å². The van der Waals surface area contributed by atoms with Gasteiger partial charge in [-0.15, -0.1) is 0 Å². The number of nitrogens with one attached hydrogen (secondary N) is 1. The van der Waals surface area contributed by atoms with Gasteiger partial charge in [-0.25, -0.2) is 9.18 Å². The molecule has 0 unspecified atom stereocenters. The van der Waals surface area contributed by atoms with Gasteiger partial charge in [0.05, 0.1) is 6.61 Å². The summed E-state index contributed by atoms with van der Waals surface area (Å²) in [4.78, 5) is 13.7. The Hall–Kier alpha value is -2.60. The first-order valence-electron chi connectivity index (χ1n) is 8.18. The Bertz CT molecular complexity index is 722. The van der Waals surface area contributed by atoms with Crippen molar-refractivity contribution in [1.29, 1.82) is 0 Å². The number of aliphatic hydroxyl groups is 1. The summed E-state index contributed by atoms with van der Waals surface area (Å²) in [6, 6.07) is 11.3. The fraction of sp³-hybridized carbons (Fsp3) is 0.316. The lowest BCUT2D eigenvalue weighted by molar-refractivity contribution is 0.192. The molecule has 0 bridgehead atoms. The van der Waals surface area contributed by atoms with Gasteiger partial charge in [-0.3, -0.25) is 0 Å². The largest absolute Gasteiger partial charge is 0.489 e. The van der Waals surface area contributed by atoms with Gasteiger partial charge in [-0.2, -0.15) is 0 Å². The van der Waals surface area contributed by atoms with Crippen LogP contribution in [0.25, 0.3) is 0 Å². The number of ether oxygens (including phenoxy) is 1. The van der Waals surface area contributed by atoms with Crippen molar-refractivity contribution in [3.8, 4) is 5.75 Å². The van der Waals surface area contributed by atoms with Crippen molar-refractivity contribution < 1.29 is 19.0 Å². The molecule has 0 radical (unpaired) electrons. The lowest BCUT2D eigenvalue weighted by atomic mass is 10.2. The summed E-state index contributed by atoms with van der Waals surface area (Å²) in [5, 5.41) is 11.8. The molecule has 0 aliphatic carbocycles. The average molecular weight is 346 g/mol. The van der Waals surface area contributed by atoms with Crippen LogP contribution in [0.15, 0.2) is 42.5 Å². The van der Waals surface area contributed by atoms with Crippen LogP contribution in [0.4, 0.5) is 14.9 Å². The Morgan fingerprint density at radius 3 is 2.72 bits per heavy atom. The van der Waals surface area contributed by atoms with Crippen LogP contribution >= 0.6 is 0 Å². The van der Waals surface area contributed by atoms with Crippen LogP contribution in [0.1, 0.15) is 18.1 Å². The second-order valence-corrected chi connectivity index (χ2v) is 5.63. The number of hydrogen-bond donors (Lipinski definition) is 2. The lowest BCUT2D eigenvalue weighted by Gasteiger charge is -2.21. The number of rotatable bonds is 7. The van der Waals surface area contributed by atoms with E-state index in [0.29, 0.717) is 18.0 Å². The van der Waals surface area contributed by atoms with Gasteiger partial charge in [0, 0.05) is 18.8 Å². The highest BCUT2D eigenvalue weighted by atomic mass is 19.1. The average Bonchev–Trinajstić information content (AvgIpc) is 2.60. The molecule has 25 heavy (non-hydrogen) atoms. The zero-order valence-corrected chi connectivity index (χ0v) is 14.5. The molecule has 0 fully saturated rings. The number of benzene rings is 2. The van der Waals surface area contributed by atoms with Gasteiger partial charge in [0.25, 0.3) is 0 Å². The number of carbonyl (C=O) groups excluding carboxylic acids is 1. The summed E-state index contributed by atoms with van der Waals surface area (Å²) in [6.07, 6.45) is 0. The van der Waals surface area contributed by atoms with Crippen molar-refractivity contribution >= 4 is 11.7 Å². The number of amides is 2. The number of anilines is 1. The first-order valence-corrected chi connectivity index (χ1v) is 8.18. The number of likely N-dealkylation sites (N-methyl/N-ethyl adjacent to an activating group) is 1. The summed E-state index contributed by atoms with van der Waals surface area (Å²) in [5.41, 5.74) is 2.28. The van der Waals surface area contributed by atoms with Gasteiger partial charge in [-0.1, -0.05) is 12.1 Å². The Labute approximate surface area is 147 Å². The van der Waals surface area contributed by atoms with Crippen molar-refractivity contribution in [3.63, 3.8) is 0 Å². The van der Waals surface area contributed by atoms with Crippen LogP contribution in [-0.2, 0) is 6.61 Å². The third-order valence-electron chi connectivity index (χ3n) is 3.77. The molecular weight excluding hydrogens is 323 g/mol. The van der Waals surface area contributed by atoms with Gasteiger partial charge >= 0.3 is 6.03 Å². The van der Waals surface area contributed by atoms with Crippen LogP contribution in [0, 0.1) is 12.7 Å². The predicted octanol–water partition coefficient (Wildman–Crippen LogP) is 3.56. The van der Waals surface area contributed by atoms with Crippen LogP contribution < -0.4 is 10.1 Å². The van der Waals surface area contributed by atoms with E-state index < -0.39 is 0 Å². The second-order valence-electron chi connectivity index (χ2n) is 5.63. The van der Waals surface area contributed by atoms with E-state index in [0.717, 1.165) is 11.1 Å². The summed E-state index contributed by atoms with van der Waals surface area (Å²) >= 11 is 0. The smallest absolute Gasteiger partial charge is 0.321 e. The molecule has 0 saturated heterocycles. The maximum atomic E-state index is 13.2. The number of urea groups is 1. The van der Waals surface area contributed by atoms with Crippen LogP contribution in [-0.4, -0.2) is 35.7 Å². The van der Waals surface area contributed by atoms with E-state index in [1.54, 1.807) is 24.3 Å². The Kier molecular flexibility index (Phi) is 6.77. The highest BCUT2D eigenvalue weighted by Crippen LogP contribution is 2.22. The van der Waals surface area contributed by atoms with E-state index >= 15 is 0 Å². The molecule has 0 heterocycles. The molecule has 2 aromatic rings. The van der Waals surface area contributed by atoms with Crippen molar-refractivity contribution in [2.24, 2.45) is 0 Å². The van der Waals surface area contributed by atoms with E-state index in [1.165, 1.54) is 17.0 Å². The molecule has 2 aromatic carbocycles.